The number of ether oxygens (including phenoxy) is 1. The standard InChI is InChI=1S/C14H20BrNO2/c1-16-7-5-14(17,6-8-16)10-11-3-4-13(18-2)12(15)9-11/h3-4,9,17H,5-8,10H2,1-2H3. The smallest absolute Gasteiger partial charge is 0.133 e. The van der Waals surface area contributed by atoms with Gasteiger partial charge in [-0.15, -0.1) is 0 Å². The van der Waals surface area contributed by atoms with Crippen LogP contribution in [0.15, 0.2) is 22.7 Å². The SMILES string of the molecule is COc1ccc(CC2(O)CCN(C)CC2)cc1Br. The summed E-state index contributed by atoms with van der Waals surface area (Å²) in [4.78, 5) is 2.26. The van der Waals surface area contributed by atoms with Crippen molar-refractivity contribution in [1.82, 2.24) is 4.90 Å². The lowest BCUT2D eigenvalue weighted by Gasteiger charge is -2.36. The van der Waals surface area contributed by atoms with E-state index < -0.39 is 5.60 Å². The summed E-state index contributed by atoms with van der Waals surface area (Å²) in [5.74, 6) is 0.828. The fraction of sp³-hybridized carbons (Fsp3) is 0.571. The molecule has 0 unspecified atom stereocenters. The molecule has 1 heterocycles. The van der Waals surface area contributed by atoms with Gasteiger partial charge >= 0.3 is 0 Å². The van der Waals surface area contributed by atoms with Crippen molar-refractivity contribution >= 4 is 15.9 Å². The number of benzene rings is 1. The molecule has 1 N–H and O–H groups in total. The van der Waals surface area contributed by atoms with Gasteiger partial charge in [0.15, 0.2) is 0 Å². The van der Waals surface area contributed by atoms with Crippen molar-refractivity contribution < 1.29 is 9.84 Å². The maximum absolute atomic E-state index is 10.6. The van der Waals surface area contributed by atoms with Gasteiger partial charge < -0.3 is 14.7 Å². The summed E-state index contributed by atoms with van der Waals surface area (Å²) in [6.45, 7) is 1.93. The molecule has 1 aliphatic rings. The Bertz CT molecular complexity index is 414. The van der Waals surface area contributed by atoms with E-state index in [-0.39, 0.29) is 0 Å². The predicted octanol–water partition coefficient (Wildman–Crippen LogP) is 2.46. The quantitative estimate of drug-likeness (QED) is 0.930. The zero-order valence-electron chi connectivity index (χ0n) is 10.9. The van der Waals surface area contributed by atoms with Crippen LogP contribution < -0.4 is 4.74 Å². The Morgan fingerprint density at radius 2 is 2.06 bits per heavy atom. The molecule has 0 atom stereocenters. The second-order valence-corrected chi connectivity index (χ2v) is 6.03. The summed E-state index contributed by atoms with van der Waals surface area (Å²) in [5.41, 5.74) is 0.593. The van der Waals surface area contributed by atoms with Crippen molar-refractivity contribution in [1.29, 1.82) is 0 Å². The minimum atomic E-state index is -0.555. The minimum absolute atomic E-state index is 0.555. The molecule has 0 saturated carbocycles. The zero-order chi connectivity index (χ0) is 13.2. The fourth-order valence-electron chi connectivity index (χ4n) is 2.41. The van der Waals surface area contributed by atoms with E-state index in [9.17, 15) is 5.11 Å². The minimum Gasteiger partial charge on any atom is -0.496 e. The first-order valence-electron chi connectivity index (χ1n) is 6.26. The Balaban J connectivity index is 2.07. The summed E-state index contributed by atoms with van der Waals surface area (Å²) >= 11 is 3.48. The van der Waals surface area contributed by atoms with Gasteiger partial charge in [-0.2, -0.15) is 0 Å². The Morgan fingerprint density at radius 3 is 2.61 bits per heavy atom. The molecule has 0 amide bonds. The van der Waals surface area contributed by atoms with Gasteiger partial charge in [-0.05, 0) is 53.5 Å². The molecule has 2 rings (SSSR count). The van der Waals surface area contributed by atoms with Crippen LogP contribution in [0.25, 0.3) is 0 Å². The lowest BCUT2D eigenvalue weighted by molar-refractivity contribution is -0.0150. The number of rotatable bonds is 3. The number of likely N-dealkylation sites (tertiary alicyclic amines) is 1. The van der Waals surface area contributed by atoms with Gasteiger partial charge in [0, 0.05) is 19.5 Å². The lowest BCUT2D eigenvalue weighted by Crippen LogP contribution is -2.44. The van der Waals surface area contributed by atoms with E-state index in [2.05, 4.69) is 27.9 Å². The van der Waals surface area contributed by atoms with Crippen LogP contribution in [0.2, 0.25) is 0 Å². The van der Waals surface area contributed by atoms with E-state index >= 15 is 0 Å². The molecule has 1 saturated heterocycles. The number of piperidine rings is 1. The maximum Gasteiger partial charge on any atom is 0.133 e. The van der Waals surface area contributed by atoms with Crippen LogP contribution in [-0.4, -0.2) is 42.9 Å². The highest BCUT2D eigenvalue weighted by atomic mass is 79.9. The Hall–Kier alpha value is -0.580. The number of aliphatic hydroxyl groups is 1. The van der Waals surface area contributed by atoms with E-state index in [1.54, 1.807) is 7.11 Å². The molecule has 100 valence electrons. The molecule has 1 aliphatic heterocycles. The number of hydrogen-bond donors (Lipinski definition) is 1. The molecular formula is C14H20BrNO2. The average molecular weight is 314 g/mol. The van der Waals surface area contributed by atoms with Gasteiger partial charge in [-0.3, -0.25) is 0 Å². The largest absolute Gasteiger partial charge is 0.496 e. The number of methoxy groups -OCH3 is 1. The van der Waals surface area contributed by atoms with Crippen LogP contribution in [0.1, 0.15) is 18.4 Å². The molecule has 18 heavy (non-hydrogen) atoms. The first-order valence-corrected chi connectivity index (χ1v) is 7.05. The van der Waals surface area contributed by atoms with E-state index in [0.29, 0.717) is 6.42 Å². The highest BCUT2D eigenvalue weighted by Gasteiger charge is 2.31. The number of halogens is 1. The number of hydrogen-bond acceptors (Lipinski definition) is 3. The van der Waals surface area contributed by atoms with E-state index in [4.69, 9.17) is 4.74 Å². The molecular weight excluding hydrogens is 294 g/mol. The summed E-state index contributed by atoms with van der Waals surface area (Å²) in [6, 6.07) is 6.01. The molecule has 1 aromatic rings. The van der Waals surface area contributed by atoms with Gasteiger partial charge in [-0.25, -0.2) is 0 Å². The van der Waals surface area contributed by atoms with Gasteiger partial charge in [0.1, 0.15) is 5.75 Å². The average Bonchev–Trinajstić information content (AvgIpc) is 2.34. The first kappa shape index (κ1) is 13.8. The van der Waals surface area contributed by atoms with Gasteiger partial charge in [0.25, 0.3) is 0 Å². The van der Waals surface area contributed by atoms with Crippen LogP contribution >= 0.6 is 15.9 Å². The molecule has 3 nitrogen and oxygen atoms in total. The first-order chi connectivity index (χ1) is 8.52. The van der Waals surface area contributed by atoms with Gasteiger partial charge in [0.2, 0.25) is 0 Å². The molecule has 1 fully saturated rings. The van der Waals surface area contributed by atoms with E-state index in [0.717, 1.165) is 41.7 Å². The molecule has 0 radical (unpaired) electrons. The maximum atomic E-state index is 10.6. The van der Waals surface area contributed by atoms with Crippen LogP contribution in [0.3, 0.4) is 0 Å². The van der Waals surface area contributed by atoms with Crippen LogP contribution in [0.5, 0.6) is 5.75 Å². The molecule has 4 heteroatoms. The summed E-state index contributed by atoms with van der Waals surface area (Å²) in [6.07, 6.45) is 2.39. The lowest BCUT2D eigenvalue weighted by atomic mass is 9.85. The third-order valence-corrected chi connectivity index (χ3v) is 4.29. The zero-order valence-corrected chi connectivity index (χ0v) is 12.5. The van der Waals surface area contributed by atoms with Crippen LogP contribution in [0.4, 0.5) is 0 Å². The van der Waals surface area contributed by atoms with Crippen molar-refractivity contribution in [3.05, 3.63) is 28.2 Å². The monoisotopic (exact) mass is 313 g/mol. The number of nitrogens with zero attached hydrogens (tertiary/aromatic N) is 1. The predicted molar refractivity (Wildman–Crippen MR) is 76.1 cm³/mol. The highest BCUT2D eigenvalue weighted by Crippen LogP contribution is 2.30. The van der Waals surface area contributed by atoms with Crippen molar-refractivity contribution in [2.45, 2.75) is 24.9 Å². The van der Waals surface area contributed by atoms with Crippen LogP contribution in [0, 0.1) is 0 Å². The summed E-state index contributed by atoms with van der Waals surface area (Å²) in [7, 11) is 3.76. The fourth-order valence-corrected chi connectivity index (χ4v) is 3.00. The Kier molecular flexibility index (Phi) is 4.30. The molecule has 0 bridgehead atoms. The second kappa shape index (κ2) is 5.59. The topological polar surface area (TPSA) is 32.7 Å². The van der Waals surface area contributed by atoms with E-state index in [1.165, 1.54) is 0 Å². The molecule has 0 aliphatic carbocycles. The molecule has 1 aromatic carbocycles. The van der Waals surface area contributed by atoms with Crippen LogP contribution in [-0.2, 0) is 6.42 Å². The Labute approximate surface area is 117 Å². The van der Waals surface area contributed by atoms with Crippen molar-refractivity contribution in [2.75, 3.05) is 27.2 Å². The summed E-state index contributed by atoms with van der Waals surface area (Å²) < 4.78 is 6.16. The van der Waals surface area contributed by atoms with Gasteiger partial charge in [-0.1, -0.05) is 6.07 Å². The van der Waals surface area contributed by atoms with Crippen molar-refractivity contribution in [3.63, 3.8) is 0 Å². The van der Waals surface area contributed by atoms with E-state index in [1.807, 2.05) is 18.2 Å². The normalized spacial score (nSPS) is 19.8. The highest BCUT2D eigenvalue weighted by molar-refractivity contribution is 9.10. The molecule has 0 spiro atoms. The third kappa shape index (κ3) is 3.25. The third-order valence-electron chi connectivity index (χ3n) is 3.67. The summed E-state index contributed by atoms with van der Waals surface area (Å²) in [5, 5.41) is 10.6. The Morgan fingerprint density at radius 1 is 1.39 bits per heavy atom. The van der Waals surface area contributed by atoms with Crippen molar-refractivity contribution in [2.24, 2.45) is 0 Å². The molecule has 0 aromatic heterocycles. The van der Waals surface area contributed by atoms with Crippen molar-refractivity contribution in [3.8, 4) is 5.75 Å². The second-order valence-electron chi connectivity index (χ2n) is 5.17. The van der Waals surface area contributed by atoms with Gasteiger partial charge in [0.05, 0.1) is 17.2 Å².